The Bertz CT molecular complexity index is 759. The summed E-state index contributed by atoms with van der Waals surface area (Å²) in [4.78, 5) is 0. The van der Waals surface area contributed by atoms with E-state index in [4.69, 9.17) is 10.5 Å². The predicted molar refractivity (Wildman–Crippen MR) is 83.2 cm³/mol. The molecule has 0 unspecified atom stereocenters. The van der Waals surface area contributed by atoms with E-state index in [0.717, 1.165) is 23.5 Å². The number of fused-ring (bicyclic) bond motifs is 1. The van der Waals surface area contributed by atoms with E-state index in [9.17, 15) is 0 Å². The normalized spacial score (nSPS) is 10.9. The Kier molecular flexibility index (Phi) is 3.11. The highest BCUT2D eigenvalue weighted by molar-refractivity contribution is 5.81. The lowest BCUT2D eigenvalue weighted by atomic mass is 10.1. The minimum absolute atomic E-state index is 0.751. The van der Waals surface area contributed by atoms with Gasteiger partial charge in [-0.15, -0.1) is 0 Å². The van der Waals surface area contributed by atoms with Crippen LogP contribution >= 0.6 is 0 Å². The van der Waals surface area contributed by atoms with Crippen LogP contribution in [-0.4, -0.2) is 11.7 Å². The molecule has 3 rings (SSSR count). The van der Waals surface area contributed by atoms with Crippen molar-refractivity contribution in [3.8, 4) is 5.75 Å². The van der Waals surface area contributed by atoms with Gasteiger partial charge in [0.15, 0.2) is 0 Å². The van der Waals surface area contributed by atoms with Gasteiger partial charge in [-0.05, 0) is 48.2 Å². The minimum atomic E-state index is 0.751. The number of nitrogens with two attached hydrogens (primary N) is 1. The van der Waals surface area contributed by atoms with Crippen LogP contribution < -0.4 is 10.5 Å². The SMILES string of the molecule is COc1ccc(N)cc1Cn1ccc2ccc(C)cc21. The van der Waals surface area contributed by atoms with Crippen LogP contribution in [0.4, 0.5) is 5.69 Å². The van der Waals surface area contributed by atoms with Crippen LogP contribution in [0.15, 0.2) is 48.7 Å². The number of hydrogen-bond donors (Lipinski definition) is 1. The van der Waals surface area contributed by atoms with Gasteiger partial charge in [-0.1, -0.05) is 12.1 Å². The van der Waals surface area contributed by atoms with E-state index in [0.29, 0.717) is 0 Å². The van der Waals surface area contributed by atoms with Crippen molar-refractivity contribution in [2.75, 3.05) is 12.8 Å². The smallest absolute Gasteiger partial charge is 0.124 e. The summed E-state index contributed by atoms with van der Waals surface area (Å²) < 4.78 is 7.64. The van der Waals surface area contributed by atoms with Gasteiger partial charge in [-0.2, -0.15) is 0 Å². The van der Waals surface area contributed by atoms with Gasteiger partial charge >= 0.3 is 0 Å². The van der Waals surface area contributed by atoms with Gasteiger partial charge in [0.05, 0.1) is 13.7 Å². The van der Waals surface area contributed by atoms with Crippen LogP contribution in [-0.2, 0) is 6.54 Å². The fraction of sp³-hybridized carbons (Fsp3) is 0.176. The van der Waals surface area contributed by atoms with Crippen LogP contribution in [0.5, 0.6) is 5.75 Å². The Labute approximate surface area is 118 Å². The van der Waals surface area contributed by atoms with Crippen LogP contribution in [0.1, 0.15) is 11.1 Å². The summed E-state index contributed by atoms with van der Waals surface area (Å²) in [5, 5.41) is 1.25. The lowest BCUT2D eigenvalue weighted by molar-refractivity contribution is 0.408. The maximum absolute atomic E-state index is 5.88. The van der Waals surface area contributed by atoms with Crippen molar-refractivity contribution in [1.29, 1.82) is 0 Å². The molecule has 2 N–H and O–H groups in total. The summed E-state index contributed by atoms with van der Waals surface area (Å²) in [6.45, 7) is 2.86. The van der Waals surface area contributed by atoms with Gasteiger partial charge in [0.2, 0.25) is 0 Å². The molecule has 0 amide bonds. The topological polar surface area (TPSA) is 40.2 Å². The molecule has 0 fully saturated rings. The molecule has 0 bridgehead atoms. The van der Waals surface area contributed by atoms with Gasteiger partial charge in [0, 0.05) is 23.0 Å². The number of anilines is 1. The van der Waals surface area contributed by atoms with E-state index >= 15 is 0 Å². The number of nitrogen functional groups attached to an aromatic ring is 1. The second-order valence-electron chi connectivity index (χ2n) is 5.08. The highest BCUT2D eigenvalue weighted by Gasteiger charge is 2.07. The van der Waals surface area contributed by atoms with E-state index in [2.05, 4.69) is 42.0 Å². The maximum atomic E-state index is 5.88. The standard InChI is InChI=1S/C17H18N2O/c1-12-3-4-13-7-8-19(16(13)9-12)11-14-10-15(18)5-6-17(14)20-2/h3-10H,11,18H2,1-2H3. The third-order valence-electron chi connectivity index (χ3n) is 3.57. The fourth-order valence-corrected chi connectivity index (χ4v) is 2.54. The van der Waals surface area contributed by atoms with Crippen molar-refractivity contribution in [2.24, 2.45) is 0 Å². The van der Waals surface area contributed by atoms with Gasteiger partial charge < -0.3 is 15.0 Å². The lowest BCUT2D eigenvalue weighted by Crippen LogP contribution is -2.01. The average Bonchev–Trinajstić information content (AvgIpc) is 2.82. The maximum Gasteiger partial charge on any atom is 0.124 e. The zero-order valence-electron chi connectivity index (χ0n) is 11.8. The summed E-state index contributed by atoms with van der Waals surface area (Å²) in [7, 11) is 1.69. The number of hydrogen-bond acceptors (Lipinski definition) is 2. The van der Waals surface area contributed by atoms with E-state index in [-0.39, 0.29) is 0 Å². The zero-order chi connectivity index (χ0) is 14.1. The molecule has 0 spiro atoms. The van der Waals surface area contributed by atoms with Crippen LogP contribution in [0.3, 0.4) is 0 Å². The molecule has 0 aliphatic heterocycles. The average molecular weight is 266 g/mol. The summed E-state index contributed by atoms with van der Waals surface area (Å²) in [5.41, 5.74) is 10.2. The second kappa shape index (κ2) is 4.93. The van der Waals surface area contributed by atoms with Crippen molar-refractivity contribution in [2.45, 2.75) is 13.5 Å². The van der Waals surface area contributed by atoms with Gasteiger partial charge in [0.25, 0.3) is 0 Å². The second-order valence-corrected chi connectivity index (χ2v) is 5.08. The van der Waals surface area contributed by atoms with Gasteiger partial charge in [0.1, 0.15) is 5.75 Å². The first-order chi connectivity index (χ1) is 9.67. The monoisotopic (exact) mass is 266 g/mol. The molecule has 20 heavy (non-hydrogen) atoms. The van der Waals surface area contributed by atoms with Gasteiger partial charge in [-0.25, -0.2) is 0 Å². The molecule has 1 aromatic heterocycles. The molecule has 2 aromatic carbocycles. The lowest BCUT2D eigenvalue weighted by Gasteiger charge is -2.11. The molecule has 0 atom stereocenters. The van der Waals surface area contributed by atoms with Crippen molar-refractivity contribution in [3.05, 3.63) is 59.8 Å². The number of rotatable bonds is 3. The van der Waals surface area contributed by atoms with E-state index < -0.39 is 0 Å². The van der Waals surface area contributed by atoms with Gasteiger partial charge in [-0.3, -0.25) is 0 Å². The number of benzene rings is 2. The zero-order valence-corrected chi connectivity index (χ0v) is 11.8. The molecule has 3 nitrogen and oxygen atoms in total. The van der Waals surface area contributed by atoms with E-state index in [1.54, 1.807) is 7.11 Å². The largest absolute Gasteiger partial charge is 0.496 e. The highest BCUT2D eigenvalue weighted by atomic mass is 16.5. The third kappa shape index (κ3) is 2.23. The number of aromatic nitrogens is 1. The van der Waals surface area contributed by atoms with Crippen molar-refractivity contribution in [3.63, 3.8) is 0 Å². The molecule has 0 saturated carbocycles. The van der Waals surface area contributed by atoms with Crippen LogP contribution in [0, 0.1) is 6.92 Å². The molecule has 0 radical (unpaired) electrons. The minimum Gasteiger partial charge on any atom is -0.496 e. The first-order valence-electron chi connectivity index (χ1n) is 6.65. The molecular formula is C17H18N2O. The third-order valence-corrected chi connectivity index (χ3v) is 3.57. The number of aryl methyl sites for hydroxylation is 1. The quantitative estimate of drug-likeness (QED) is 0.736. The summed E-state index contributed by atoms with van der Waals surface area (Å²) >= 11 is 0. The van der Waals surface area contributed by atoms with E-state index in [1.165, 1.54) is 16.5 Å². The molecule has 1 heterocycles. The van der Waals surface area contributed by atoms with Crippen molar-refractivity contribution in [1.82, 2.24) is 4.57 Å². The van der Waals surface area contributed by atoms with Crippen molar-refractivity contribution < 1.29 is 4.74 Å². The van der Waals surface area contributed by atoms with Crippen LogP contribution in [0.25, 0.3) is 10.9 Å². The number of methoxy groups -OCH3 is 1. The highest BCUT2D eigenvalue weighted by Crippen LogP contribution is 2.25. The predicted octanol–water partition coefficient (Wildman–Crippen LogP) is 3.59. The Morgan fingerprint density at radius 2 is 1.95 bits per heavy atom. The Balaban J connectivity index is 2.05. The van der Waals surface area contributed by atoms with E-state index in [1.807, 2.05) is 18.2 Å². The first kappa shape index (κ1) is 12.6. The Morgan fingerprint density at radius 3 is 2.75 bits per heavy atom. The molecule has 0 aliphatic carbocycles. The molecular weight excluding hydrogens is 248 g/mol. The van der Waals surface area contributed by atoms with Crippen molar-refractivity contribution >= 4 is 16.6 Å². The first-order valence-corrected chi connectivity index (χ1v) is 6.65. The fourth-order valence-electron chi connectivity index (χ4n) is 2.54. The molecule has 0 saturated heterocycles. The number of ether oxygens (including phenoxy) is 1. The molecule has 0 aliphatic rings. The molecule has 102 valence electrons. The summed E-state index contributed by atoms with van der Waals surface area (Å²) in [5.74, 6) is 0.869. The summed E-state index contributed by atoms with van der Waals surface area (Å²) in [6, 6.07) is 14.4. The Morgan fingerprint density at radius 1 is 1.10 bits per heavy atom. The molecule has 3 heteroatoms. The molecule has 3 aromatic rings. The Hall–Kier alpha value is -2.42. The van der Waals surface area contributed by atoms with Crippen LogP contribution in [0.2, 0.25) is 0 Å². The summed E-state index contributed by atoms with van der Waals surface area (Å²) in [6.07, 6.45) is 2.10. The number of nitrogens with zero attached hydrogens (tertiary/aromatic N) is 1.